The van der Waals surface area contributed by atoms with Crippen molar-refractivity contribution in [2.24, 2.45) is 0 Å². The molecular weight excluding hydrogens is 314 g/mol. The van der Waals surface area contributed by atoms with E-state index in [1.54, 1.807) is 13.3 Å². The lowest BCUT2D eigenvalue weighted by atomic mass is 9.82. The summed E-state index contributed by atoms with van der Waals surface area (Å²) in [6.45, 7) is 4.31. The number of ether oxygens (including phenoxy) is 3. The van der Waals surface area contributed by atoms with E-state index in [2.05, 4.69) is 20.9 Å². The Morgan fingerprint density at radius 2 is 2.05 bits per heavy atom. The summed E-state index contributed by atoms with van der Waals surface area (Å²) < 4.78 is 17.5. The first-order valence-corrected chi connectivity index (χ1v) is 6.80. The minimum Gasteiger partial charge on any atom is -0.481 e. The molecule has 0 unspecified atom stereocenters. The van der Waals surface area contributed by atoms with Crippen LogP contribution in [0.25, 0.3) is 0 Å². The fourth-order valence-corrected chi connectivity index (χ4v) is 2.34. The molecule has 1 fully saturated rings. The molecule has 0 radical (unpaired) electrons. The van der Waals surface area contributed by atoms with Gasteiger partial charge in [0, 0.05) is 16.2 Å². The molecule has 1 N–H and O–H groups in total. The predicted octanol–water partition coefficient (Wildman–Crippen LogP) is 1.87. The van der Waals surface area contributed by atoms with Gasteiger partial charge in [0.1, 0.15) is 0 Å². The lowest BCUT2D eigenvalue weighted by Crippen LogP contribution is -2.51. The van der Waals surface area contributed by atoms with Crippen LogP contribution in [-0.2, 0) is 14.9 Å². The normalized spacial score (nSPS) is 21.1. The van der Waals surface area contributed by atoms with Crippen LogP contribution in [-0.4, -0.2) is 42.8 Å². The number of hydrogen-bond donors (Lipinski definition) is 1. The third kappa shape index (κ3) is 2.91. The maximum Gasteiger partial charge on any atom is 0.217 e. The van der Waals surface area contributed by atoms with Gasteiger partial charge in [-0.15, -0.1) is 0 Å². The number of nitrogens with zero attached hydrogens (tertiary/aromatic N) is 1. The lowest BCUT2D eigenvalue weighted by Gasteiger charge is -2.42. The molecule has 0 saturated carbocycles. The zero-order valence-electron chi connectivity index (χ0n) is 11.3. The van der Waals surface area contributed by atoms with Gasteiger partial charge in [-0.1, -0.05) is 0 Å². The zero-order chi connectivity index (χ0) is 14.1. The summed E-state index contributed by atoms with van der Waals surface area (Å²) in [5.41, 5.74) is 0.125. The van der Waals surface area contributed by atoms with Crippen molar-refractivity contribution < 1.29 is 19.3 Å². The molecule has 0 spiro atoms. The van der Waals surface area contributed by atoms with E-state index in [4.69, 9.17) is 14.2 Å². The second-order valence-corrected chi connectivity index (χ2v) is 6.04. The number of hydrogen-bond acceptors (Lipinski definition) is 5. The van der Waals surface area contributed by atoms with E-state index in [1.165, 1.54) is 0 Å². The number of rotatable bonds is 3. The molecule has 0 aliphatic carbocycles. The average molecular weight is 332 g/mol. The summed E-state index contributed by atoms with van der Waals surface area (Å²) in [5, 5.41) is 9.82. The minimum atomic E-state index is -0.655. The first kappa shape index (κ1) is 14.7. The Labute approximate surface area is 121 Å². The van der Waals surface area contributed by atoms with E-state index in [-0.39, 0.29) is 6.61 Å². The highest BCUT2D eigenvalue weighted by molar-refractivity contribution is 9.10. The average Bonchev–Trinajstić information content (AvgIpc) is 2.39. The minimum absolute atomic E-state index is 0.0996. The summed E-state index contributed by atoms with van der Waals surface area (Å²) in [4.78, 5) is 4.21. The van der Waals surface area contributed by atoms with Gasteiger partial charge in [-0.05, 0) is 35.8 Å². The number of aromatic nitrogens is 1. The Morgan fingerprint density at radius 1 is 1.42 bits per heavy atom. The molecule has 1 aliphatic rings. The van der Waals surface area contributed by atoms with Crippen molar-refractivity contribution in [3.05, 3.63) is 22.3 Å². The van der Waals surface area contributed by atoms with Crippen molar-refractivity contribution in [2.45, 2.75) is 25.0 Å². The first-order valence-electron chi connectivity index (χ1n) is 6.01. The molecule has 1 aromatic heterocycles. The van der Waals surface area contributed by atoms with Gasteiger partial charge in [-0.25, -0.2) is 4.98 Å². The van der Waals surface area contributed by atoms with E-state index in [0.717, 1.165) is 10.0 Å². The zero-order valence-corrected chi connectivity index (χ0v) is 12.9. The SMILES string of the molecule is COc1ncc(Br)cc1C1(CO)COC(C)(C)OC1. The standard InChI is InChI=1S/C13H18BrNO4/c1-12(2)18-7-13(6-16,8-19-12)10-4-9(14)5-15-11(10)17-3/h4-5,16H,6-8H2,1-3H3. The highest BCUT2D eigenvalue weighted by Crippen LogP contribution is 2.37. The van der Waals surface area contributed by atoms with Gasteiger partial charge < -0.3 is 19.3 Å². The lowest BCUT2D eigenvalue weighted by molar-refractivity contribution is -0.273. The fourth-order valence-electron chi connectivity index (χ4n) is 2.01. The van der Waals surface area contributed by atoms with Crippen LogP contribution >= 0.6 is 15.9 Å². The molecule has 0 bridgehead atoms. The molecule has 5 nitrogen and oxygen atoms in total. The number of aliphatic hydroxyl groups is 1. The third-order valence-corrected chi connectivity index (χ3v) is 3.71. The molecule has 1 saturated heterocycles. The molecule has 2 rings (SSSR count). The fraction of sp³-hybridized carbons (Fsp3) is 0.615. The summed E-state index contributed by atoms with van der Waals surface area (Å²) in [6.07, 6.45) is 1.65. The van der Waals surface area contributed by atoms with Crippen LogP contribution < -0.4 is 4.74 Å². The van der Waals surface area contributed by atoms with Crippen molar-refractivity contribution >= 4 is 15.9 Å². The topological polar surface area (TPSA) is 60.8 Å². The summed E-state index contributed by atoms with van der Waals surface area (Å²) >= 11 is 3.39. The van der Waals surface area contributed by atoms with E-state index in [0.29, 0.717) is 19.1 Å². The Morgan fingerprint density at radius 3 is 2.58 bits per heavy atom. The summed E-state index contributed by atoms with van der Waals surface area (Å²) in [7, 11) is 1.55. The van der Waals surface area contributed by atoms with Crippen LogP contribution in [0, 0.1) is 0 Å². The smallest absolute Gasteiger partial charge is 0.217 e. The summed E-state index contributed by atoms with van der Waals surface area (Å²) in [6, 6.07) is 1.88. The van der Waals surface area contributed by atoms with Crippen molar-refractivity contribution in [2.75, 3.05) is 26.9 Å². The van der Waals surface area contributed by atoms with E-state index < -0.39 is 11.2 Å². The van der Waals surface area contributed by atoms with Crippen LogP contribution in [0.2, 0.25) is 0 Å². The van der Waals surface area contributed by atoms with E-state index >= 15 is 0 Å². The third-order valence-electron chi connectivity index (χ3n) is 3.28. The Balaban J connectivity index is 2.39. The molecule has 1 aromatic rings. The van der Waals surface area contributed by atoms with Crippen LogP contribution in [0.5, 0.6) is 5.88 Å². The number of methoxy groups -OCH3 is 1. The number of pyridine rings is 1. The predicted molar refractivity (Wildman–Crippen MR) is 73.2 cm³/mol. The molecule has 19 heavy (non-hydrogen) atoms. The molecule has 0 aromatic carbocycles. The van der Waals surface area contributed by atoms with Crippen LogP contribution in [0.15, 0.2) is 16.7 Å². The molecule has 0 atom stereocenters. The number of halogens is 1. The van der Waals surface area contributed by atoms with Crippen LogP contribution in [0.4, 0.5) is 0 Å². The number of aliphatic hydroxyl groups excluding tert-OH is 1. The molecule has 0 amide bonds. The second kappa shape index (κ2) is 5.36. The Hall–Kier alpha value is -0.690. The highest BCUT2D eigenvalue weighted by atomic mass is 79.9. The molecule has 6 heteroatoms. The van der Waals surface area contributed by atoms with Gasteiger partial charge >= 0.3 is 0 Å². The maximum absolute atomic E-state index is 9.82. The largest absolute Gasteiger partial charge is 0.481 e. The molecule has 2 heterocycles. The first-order chi connectivity index (χ1) is 8.92. The van der Waals surface area contributed by atoms with Gasteiger partial charge in [0.05, 0.1) is 32.3 Å². The van der Waals surface area contributed by atoms with Crippen LogP contribution in [0.3, 0.4) is 0 Å². The highest BCUT2D eigenvalue weighted by Gasteiger charge is 2.43. The van der Waals surface area contributed by atoms with Gasteiger partial charge in [-0.2, -0.15) is 0 Å². The van der Waals surface area contributed by atoms with Gasteiger partial charge in [-0.3, -0.25) is 0 Å². The molecule has 106 valence electrons. The summed E-state index contributed by atoms with van der Waals surface area (Å²) in [5.74, 6) is -0.158. The molecular formula is C13H18BrNO4. The quantitative estimate of drug-likeness (QED) is 0.916. The maximum atomic E-state index is 9.82. The van der Waals surface area contributed by atoms with E-state index in [9.17, 15) is 5.11 Å². The second-order valence-electron chi connectivity index (χ2n) is 5.13. The monoisotopic (exact) mass is 331 g/mol. The van der Waals surface area contributed by atoms with E-state index in [1.807, 2.05) is 19.9 Å². The van der Waals surface area contributed by atoms with Gasteiger partial charge in [0.15, 0.2) is 5.79 Å². The molecule has 1 aliphatic heterocycles. The Bertz CT molecular complexity index is 454. The van der Waals surface area contributed by atoms with Gasteiger partial charge in [0.25, 0.3) is 0 Å². The van der Waals surface area contributed by atoms with Crippen LogP contribution in [0.1, 0.15) is 19.4 Å². The van der Waals surface area contributed by atoms with Crippen molar-refractivity contribution in [1.29, 1.82) is 0 Å². The van der Waals surface area contributed by atoms with Crippen molar-refractivity contribution in [3.63, 3.8) is 0 Å². The Kier molecular flexibility index (Phi) is 4.15. The van der Waals surface area contributed by atoms with Crippen molar-refractivity contribution in [1.82, 2.24) is 4.98 Å². The van der Waals surface area contributed by atoms with Crippen molar-refractivity contribution in [3.8, 4) is 5.88 Å². The van der Waals surface area contributed by atoms with Gasteiger partial charge in [0.2, 0.25) is 5.88 Å².